The minimum absolute atomic E-state index is 0.00882. The molecule has 1 aliphatic rings. The summed E-state index contributed by atoms with van der Waals surface area (Å²) in [4.78, 5) is 45.6. The minimum atomic E-state index is -1.44. The molecule has 1 aliphatic carbocycles. The van der Waals surface area contributed by atoms with Gasteiger partial charge in [0.2, 0.25) is 5.91 Å². The van der Waals surface area contributed by atoms with Gasteiger partial charge in [-0.25, -0.2) is 4.79 Å². The molecule has 0 aromatic carbocycles. The second kappa shape index (κ2) is 10.8. The van der Waals surface area contributed by atoms with Gasteiger partial charge in [0.1, 0.15) is 6.04 Å². The zero-order chi connectivity index (χ0) is 21.4. The molecule has 0 bridgehead atoms. The summed E-state index contributed by atoms with van der Waals surface area (Å²) in [5.41, 5.74) is 0.00882. The summed E-state index contributed by atoms with van der Waals surface area (Å²) in [7, 11) is 0. The minimum Gasteiger partial charge on any atom is -0.481 e. The van der Waals surface area contributed by atoms with Crippen LogP contribution in [0.1, 0.15) is 46.5 Å². The van der Waals surface area contributed by atoms with Gasteiger partial charge in [-0.05, 0) is 25.3 Å². The molecule has 28 heavy (non-hydrogen) atoms. The number of rotatable bonds is 11. The summed E-state index contributed by atoms with van der Waals surface area (Å²) in [6.07, 6.45) is 1.00. The third kappa shape index (κ3) is 6.93. The summed E-state index contributed by atoms with van der Waals surface area (Å²) in [6, 6.07) is -3.03. The predicted molar refractivity (Wildman–Crippen MR) is 97.8 cm³/mol. The first-order valence-corrected chi connectivity index (χ1v) is 9.16. The van der Waals surface area contributed by atoms with E-state index in [1.807, 2.05) is 13.8 Å². The van der Waals surface area contributed by atoms with Crippen LogP contribution in [0.2, 0.25) is 0 Å². The molecule has 0 saturated carbocycles. The fourth-order valence-electron chi connectivity index (χ4n) is 3.18. The molecule has 158 valence electrons. The van der Waals surface area contributed by atoms with Crippen molar-refractivity contribution in [1.82, 2.24) is 10.6 Å². The maximum atomic E-state index is 11.7. The predicted octanol–water partition coefficient (Wildman–Crippen LogP) is 0.366. The first-order valence-electron chi connectivity index (χ1n) is 9.16. The lowest BCUT2D eigenvalue weighted by atomic mass is 9.86. The van der Waals surface area contributed by atoms with Gasteiger partial charge in [-0.1, -0.05) is 13.8 Å². The summed E-state index contributed by atoms with van der Waals surface area (Å²) >= 11 is 0. The van der Waals surface area contributed by atoms with Crippen molar-refractivity contribution in [3.8, 4) is 0 Å². The van der Waals surface area contributed by atoms with Crippen LogP contribution < -0.4 is 10.6 Å². The molecule has 1 unspecified atom stereocenters. The quantitative estimate of drug-likeness (QED) is 0.330. The van der Waals surface area contributed by atoms with Crippen molar-refractivity contribution in [2.75, 3.05) is 0 Å². The van der Waals surface area contributed by atoms with Gasteiger partial charge in [0.15, 0.2) is 0 Å². The molecule has 10 heteroatoms. The molecule has 5 N–H and O–H groups in total. The number of carboxylic acids is 3. The molecule has 10 nitrogen and oxygen atoms in total. The van der Waals surface area contributed by atoms with Crippen LogP contribution in [0.5, 0.6) is 0 Å². The summed E-state index contributed by atoms with van der Waals surface area (Å²) in [5.74, 6) is -4.28. The fraction of sp³-hybridized carbons (Fsp3) is 0.667. The van der Waals surface area contributed by atoms with Gasteiger partial charge in [0.05, 0.1) is 24.7 Å². The van der Waals surface area contributed by atoms with Crippen molar-refractivity contribution in [3.05, 3.63) is 11.6 Å². The Morgan fingerprint density at radius 1 is 1.18 bits per heavy atom. The second-order valence-corrected chi connectivity index (χ2v) is 6.73. The topological polar surface area (TPSA) is 162 Å². The van der Waals surface area contributed by atoms with Crippen LogP contribution in [0, 0.1) is 0 Å². The molecule has 1 amide bonds. The molecule has 0 saturated heterocycles. The number of ether oxygens (including phenoxy) is 1. The number of carbonyl (C=O) groups is 4. The molecule has 0 fully saturated rings. The second-order valence-electron chi connectivity index (χ2n) is 6.73. The van der Waals surface area contributed by atoms with Gasteiger partial charge in [-0.3, -0.25) is 19.7 Å². The Kier molecular flexibility index (Phi) is 9.07. The van der Waals surface area contributed by atoms with Crippen molar-refractivity contribution in [3.63, 3.8) is 0 Å². The highest BCUT2D eigenvalue weighted by Gasteiger charge is 2.39. The molecule has 0 heterocycles. The number of nitrogens with one attached hydrogen (secondary N) is 2. The molecule has 0 aromatic heterocycles. The Labute approximate surface area is 162 Å². The largest absolute Gasteiger partial charge is 0.481 e. The molecule has 1 rings (SSSR count). The number of hydrogen-bond donors (Lipinski definition) is 5. The van der Waals surface area contributed by atoms with E-state index >= 15 is 0 Å². The van der Waals surface area contributed by atoms with Gasteiger partial charge in [-0.15, -0.1) is 0 Å². The van der Waals surface area contributed by atoms with E-state index in [2.05, 4.69) is 10.6 Å². The average molecular weight is 400 g/mol. The van der Waals surface area contributed by atoms with Gasteiger partial charge < -0.3 is 25.4 Å². The van der Waals surface area contributed by atoms with Gasteiger partial charge in [0.25, 0.3) is 0 Å². The van der Waals surface area contributed by atoms with Crippen LogP contribution in [0.25, 0.3) is 0 Å². The van der Waals surface area contributed by atoms with Crippen LogP contribution in [0.15, 0.2) is 11.6 Å². The van der Waals surface area contributed by atoms with Crippen molar-refractivity contribution < 1.29 is 39.2 Å². The third-order valence-electron chi connectivity index (χ3n) is 4.59. The van der Waals surface area contributed by atoms with Crippen molar-refractivity contribution in [2.24, 2.45) is 0 Å². The number of amides is 1. The van der Waals surface area contributed by atoms with Crippen LogP contribution in [-0.4, -0.2) is 69.5 Å². The standard InChI is InChI=1S/C18H28N2O8/c1-4-11(5-2)28-14-7-10(17(24)25)6-12(16(14)19-9(3)21)20-13(18(26)27)8-15(22)23/h7,11-14,16,20H,4-6,8H2,1-3H3,(H,19,21)(H,22,23)(H,24,25)(H,26,27)/t12-,13?,14+,16+/m0/s1. The SMILES string of the molecule is CCC(CC)O[C@@H]1C=C(C(=O)O)C[C@H](NC(CC(=O)O)C(=O)O)[C@H]1NC(C)=O. The Morgan fingerprint density at radius 2 is 1.79 bits per heavy atom. The van der Waals surface area contributed by atoms with E-state index < -0.39 is 54.5 Å². The summed E-state index contributed by atoms with van der Waals surface area (Å²) in [6.45, 7) is 5.11. The normalized spacial score (nSPS) is 23.0. The number of carboxylic acid groups (broad SMARTS) is 3. The highest BCUT2D eigenvalue weighted by molar-refractivity contribution is 5.87. The smallest absolute Gasteiger partial charge is 0.331 e. The van der Waals surface area contributed by atoms with E-state index in [1.54, 1.807) is 0 Å². The number of carbonyl (C=O) groups excluding carboxylic acids is 1. The monoisotopic (exact) mass is 400 g/mol. The van der Waals surface area contributed by atoms with E-state index in [9.17, 15) is 29.4 Å². The van der Waals surface area contributed by atoms with Gasteiger partial charge in [0, 0.05) is 18.5 Å². The average Bonchev–Trinajstić information content (AvgIpc) is 2.59. The molecule has 0 aliphatic heterocycles. The Balaban J connectivity index is 3.23. The molecule has 0 spiro atoms. The van der Waals surface area contributed by atoms with Crippen LogP contribution in [-0.2, 0) is 23.9 Å². The van der Waals surface area contributed by atoms with E-state index in [-0.39, 0.29) is 18.1 Å². The van der Waals surface area contributed by atoms with E-state index in [1.165, 1.54) is 13.0 Å². The number of hydrogen-bond acceptors (Lipinski definition) is 6. The zero-order valence-electron chi connectivity index (χ0n) is 16.2. The van der Waals surface area contributed by atoms with Crippen LogP contribution in [0.3, 0.4) is 0 Å². The first-order chi connectivity index (χ1) is 13.1. The number of aliphatic carboxylic acids is 3. The Hall–Kier alpha value is -2.46. The fourth-order valence-corrected chi connectivity index (χ4v) is 3.18. The Morgan fingerprint density at radius 3 is 2.21 bits per heavy atom. The van der Waals surface area contributed by atoms with Crippen molar-refractivity contribution in [1.29, 1.82) is 0 Å². The molecular weight excluding hydrogens is 372 g/mol. The highest BCUT2D eigenvalue weighted by atomic mass is 16.5. The summed E-state index contributed by atoms with van der Waals surface area (Å²) < 4.78 is 5.98. The van der Waals surface area contributed by atoms with E-state index in [0.717, 1.165) is 0 Å². The lowest BCUT2D eigenvalue weighted by Gasteiger charge is -2.39. The Bertz CT molecular complexity index is 629. The maximum absolute atomic E-state index is 11.7. The highest BCUT2D eigenvalue weighted by Crippen LogP contribution is 2.25. The first kappa shape index (κ1) is 23.6. The van der Waals surface area contributed by atoms with Crippen molar-refractivity contribution >= 4 is 23.8 Å². The summed E-state index contributed by atoms with van der Waals surface area (Å²) in [5, 5.41) is 33.1. The lowest BCUT2D eigenvalue weighted by Crippen LogP contribution is -2.61. The zero-order valence-corrected chi connectivity index (χ0v) is 16.2. The van der Waals surface area contributed by atoms with Crippen LogP contribution in [0.4, 0.5) is 0 Å². The van der Waals surface area contributed by atoms with E-state index in [0.29, 0.717) is 12.8 Å². The van der Waals surface area contributed by atoms with Gasteiger partial charge in [-0.2, -0.15) is 0 Å². The maximum Gasteiger partial charge on any atom is 0.331 e. The van der Waals surface area contributed by atoms with Crippen LogP contribution >= 0.6 is 0 Å². The molecule has 0 aromatic rings. The third-order valence-corrected chi connectivity index (χ3v) is 4.59. The van der Waals surface area contributed by atoms with Gasteiger partial charge >= 0.3 is 17.9 Å². The molecular formula is C18H28N2O8. The lowest BCUT2D eigenvalue weighted by molar-refractivity contribution is -0.146. The molecule has 0 radical (unpaired) electrons. The molecule has 4 atom stereocenters. The van der Waals surface area contributed by atoms with E-state index in [4.69, 9.17) is 9.84 Å². The van der Waals surface area contributed by atoms with Crippen molar-refractivity contribution in [2.45, 2.75) is 76.8 Å².